The summed E-state index contributed by atoms with van der Waals surface area (Å²) in [6.07, 6.45) is 2.52. The smallest absolute Gasteiger partial charge is 0.163 e. The third kappa shape index (κ3) is 4.94. The molecule has 1 aromatic rings. The van der Waals surface area contributed by atoms with Crippen LogP contribution < -0.4 is 0 Å². The van der Waals surface area contributed by atoms with Gasteiger partial charge in [-0.2, -0.15) is 0 Å². The molecule has 0 N–H and O–H groups in total. The number of carbonyl (C=O) groups excluding carboxylic acids is 1. The van der Waals surface area contributed by atoms with Gasteiger partial charge in [0.25, 0.3) is 0 Å². The van der Waals surface area contributed by atoms with Crippen LogP contribution in [0.25, 0.3) is 0 Å². The first-order chi connectivity index (χ1) is 8.86. The highest BCUT2D eigenvalue weighted by atomic mass is 28.2. The van der Waals surface area contributed by atoms with E-state index in [1.54, 1.807) is 0 Å². The van der Waals surface area contributed by atoms with Crippen LogP contribution >= 0.6 is 0 Å². The van der Waals surface area contributed by atoms with Crippen molar-refractivity contribution in [1.29, 1.82) is 0 Å². The topological polar surface area (TPSA) is 17.1 Å². The van der Waals surface area contributed by atoms with E-state index < -0.39 is 0 Å². The predicted molar refractivity (Wildman–Crippen MR) is 87.0 cm³/mol. The third-order valence-electron chi connectivity index (χ3n) is 3.79. The van der Waals surface area contributed by atoms with Crippen LogP contribution in [-0.2, 0) is 0 Å². The Bertz CT molecular complexity index is 400. The van der Waals surface area contributed by atoms with E-state index in [9.17, 15) is 4.79 Å². The standard InChI is InChI=1S/C17H28OSi/c1-6-7-12-19-16(17(3,4)5)15(18)14-10-8-13(2)9-11-14/h8-11,16H,6-7,12,19H2,1-5H3. The molecule has 106 valence electrons. The van der Waals surface area contributed by atoms with Gasteiger partial charge in [-0.1, -0.05) is 76.4 Å². The fourth-order valence-electron chi connectivity index (χ4n) is 2.47. The van der Waals surface area contributed by atoms with E-state index in [2.05, 4.69) is 34.6 Å². The molecule has 1 aromatic carbocycles. The van der Waals surface area contributed by atoms with E-state index in [1.807, 2.05) is 24.3 Å². The molecule has 1 atom stereocenters. The molecule has 0 spiro atoms. The zero-order valence-electron chi connectivity index (χ0n) is 13.1. The summed E-state index contributed by atoms with van der Waals surface area (Å²) < 4.78 is 0. The molecule has 0 saturated heterocycles. The van der Waals surface area contributed by atoms with E-state index in [-0.39, 0.29) is 20.5 Å². The van der Waals surface area contributed by atoms with Gasteiger partial charge in [0, 0.05) is 20.6 Å². The van der Waals surface area contributed by atoms with Crippen LogP contribution in [0.4, 0.5) is 0 Å². The number of benzene rings is 1. The molecule has 0 aliphatic heterocycles. The lowest BCUT2D eigenvalue weighted by Gasteiger charge is -2.29. The van der Waals surface area contributed by atoms with E-state index in [1.165, 1.54) is 24.4 Å². The monoisotopic (exact) mass is 276 g/mol. The Labute approximate surface area is 120 Å². The summed E-state index contributed by atoms with van der Waals surface area (Å²) in [6, 6.07) is 9.35. The fraction of sp³-hybridized carbons (Fsp3) is 0.588. The van der Waals surface area contributed by atoms with Crippen LogP contribution in [0.1, 0.15) is 56.5 Å². The van der Waals surface area contributed by atoms with E-state index in [0.29, 0.717) is 5.78 Å². The molecule has 0 aliphatic rings. The molecule has 0 radical (unpaired) electrons. The second kappa shape index (κ2) is 7.04. The molecule has 2 heteroatoms. The Balaban J connectivity index is 2.85. The van der Waals surface area contributed by atoms with Gasteiger partial charge in [0.15, 0.2) is 5.78 Å². The molecule has 1 unspecified atom stereocenters. The van der Waals surface area contributed by atoms with E-state index >= 15 is 0 Å². The summed E-state index contributed by atoms with van der Waals surface area (Å²) in [7, 11) is -0.340. The fourth-order valence-corrected chi connectivity index (χ4v) is 5.04. The molecular formula is C17H28OSi. The lowest BCUT2D eigenvalue weighted by Crippen LogP contribution is -2.28. The van der Waals surface area contributed by atoms with Gasteiger partial charge in [-0.25, -0.2) is 0 Å². The maximum atomic E-state index is 12.7. The molecule has 0 aromatic heterocycles. The molecule has 0 aliphatic carbocycles. The number of hydrogen-bond acceptors (Lipinski definition) is 1. The molecule has 19 heavy (non-hydrogen) atoms. The van der Waals surface area contributed by atoms with Crippen LogP contribution in [0.2, 0.25) is 11.6 Å². The minimum absolute atomic E-state index is 0.0991. The Kier molecular flexibility index (Phi) is 5.99. The van der Waals surface area contributed by atoms with Crippen molar-refractivity contribution in [2.75, 3.05) is 0 Å². The average molecular weight is 276 g/mol. The first-order valence-electron chi connectivity index (χ1n) is 7.47. The van der Waals surface area contributed by atoms with Crippen LogP contribution in [-0.4, -0.2) is 15.3 Å². The van der Waals surface area contributed by atoms with Gasteiger partial charge in [-0.3, -0.25) is 4.79 Å². The molecule has 0 amide bonds. The highest BCUT2D eigenvalue weighted by Crippen LogP contribution is 2.34. The number of Topliss-reactive ketones (excluding diaryl/α,β-unsaturated/α-hetero) is 1. The zero-order valence-corrected chi connectivity index (χ0v) is 14.5. The molecule has 0 fully saturated rings. The van der Waals surface area contributed by atoms with Gasteiger partial charge in [-0.05, 0) is 12.3 Å². The van der Waals surface area contributed by atoms with Crippen LogP contribution in [0.3, 0.4) is 0 Å². The quantitative estimate of drug-likeness (QED) is 0.427. The molecule has 0 heterocycles. The SMILES string of the molecule is CCCC[SiH2]C(C(=O)c1ccc(C)cc1)C(C)(C)C. The Morgan fingerprint density at radius 3 is 2.26 bits per heavy atom. The van der Waals surface area contributed by atoms with Gasteiger partial charge in [-0.15, -0.1) is 0 Å². The number of hydrogen-bond donors (Lipinski definition) is 0. The number of rotatable bonds is 6. The van der Waals surface area contributed by atoms with E-state index in [4.69, 9.17) is 0 Å². The summed E-state index contributed by atoms with van der Waals surface area (Å²) in [5.74, 6) is 0.371. The first-order valence-corrected chi connectivity index (χ1v) is 9.28. The lowest BCUT2D eigenvalue weighted by atomic mass is 9.87. The van der Waals surface area contributed by atoms with Crippen LogP contribution in [0.5, 0.6) is 0 Å². The van der Waals surface area contributed by atoms with Crippen molar-refractivity contribution in [3.05, 3.63) is 35.4 Å². The van der Waals surface area contributed by atoms with Crippen molar-refractivity contribution in [2.24, 2.45) is 5.41 Å². The van der Waals surface area contributed by atoms with Gasteiger partial charge in [0.2, 0.25) is 0 Å². The molecule has 1 nitrogen and oxygen atoms in total. The summed E-state index contributed by atoms with van der Waals surface area (Å²) in [5.41, 5.74) is 2.48. The van der Waals surface area contributed by atoms with Crippen molar-refractivity contribution in [3.63, 3.8) is 0 Å². The average Bonchev–Trinajstić information content (AvgIpc) is 2.33. The summed E-state index contributed by atoms with van der Waals surface area (Å²) >= 11 is 0. The molecule has 1 rings (SSSR count). The Morgan fingerprint density at radius 1 is 1.21 bits per heavy atom. The number of unbranched alkanes of at least 4 members (excludes halogenated alkanes) is 1. The summed E-state index contributed by atoms with van der Waals surface area (Å²) in [6.45, 7) is 10.9. The highest BCUT2D eigenvalue weighted by Gasteiger charge is 2.31. The highest BCUT2D eigenvalue weighted by molar-refractivity contribution is 6.46. The minimum atomic E-state index is -0.340. The third-order valence-corrected chi connectivity index (χ3v) is 6.88. The van der Waals surface area contributed by atoms with Crippen LogP contribution in [0, 0.1) is 12.3 Å². The number of aryl methyl sites for hydroxylation is 1. The zero-order chi connectivity index (χ0) is 14.5. The van der Waals surface area contributed by atoms with Gasteiger partial charge in [0.1, 0.15) is 0 Å². The van der Waals surface area contributed by atoms with E-state index in [0.717, 1.165) is 5.56 Å². The minimum Gasteiger partial charge on any atom is -0.294 e. The van der Waals surface area contributed by atoms with Crippen molar-refractivity contribution in [3.8, 4) is 0 Å². The maximum Gasteiger partial charge on any atom is 0.163 e. The van der Waals surface area contributed by atoms with Gasteiger partial charge < -0.3 is 0 Å². The Hall–Kier alpha value is -0.893. The summed E-state index contributed by atoms with van der Waals surface area (Å²) in [4.78, 5) is 12.7. The number of ketones is 1. The van der Waals surface area contributed by atoms with Crippen LogP contribution in [0.15, 0.2) is 24.3 Å². The first kappa shape index (κ1) is 16.2. The van der Waals surface area contributed by atoms with Crippen molar-refractivity contribution in [1.82, 2.24) is 0 Å². The molecule has 0 saturated carbocycles. The summed E-state index contributed by atoms with van der Waals surface area (Å²) in [5, 5.41) is 0. The van der Waals surface area contributed by atoms with Crippen molar-refractivity contribution < 1.29 is 4.79 Å². The normalized spacial score (nSPS) is 13.9. The molecular weight excluding hydrogens is 248 g/mol. The lowest BCUT2D eigenvalue weighted by molar-refractivity contribution is 0.0939. The number of carbonyl (C=O) groups is 1. The van der Waals surface area contributed by atoms with Crippen molar-refractivity contribution >= 4 is 15.3 Å². The maximum absolute atomic E-state index is 12.7. The second-order valence-corrected chi connectivity index (χ2v) is 8.75. The van der Waals surface area contributed by atoms with Gasteiger partial charge >= 0.3 is 0 Å². The van der Waals surface area contributed by atoms with Gasteiger partial charge in [0.05, 0.1) is 0 Å². The van der Waals surface area contributed by atoms with Crippen molar-refractivity contribution in [2.45, 2.75) is 59.0 Å². The second-order valence-electron chi connectivity index (χ2n) is 6.64. The largest absolute Gasteiger partial charge is 0.294 e. The molecule has 0 bridgehead atoms. The predicted octanol–water partition coefficient (Wildman–Crippen LogP) is 4.40. The Morgan fingerprint density at radius 2 is 1.79 bits per heavy atom.